The summed E-state index contributed by atoms with van der Waals surface area (Å²) < 4.78 is 0. The molecular weight excluding hydrogens is 320 g/mol. The Balaban J connectivity index is 1.50. The third-order valence-electron chi connectivity index (χ3n) is 5.40. The number of nitrogens with zero attached hydrogens (tertiary/aromatic N) is 4. The minimum Gasteiger partial charge on any atom is -0.340 e. The van der Waals surface area contributed by atoms with Crippen molar-refractivity contribution in [1.82, 2.24) is 14.9 Å². The van der Waals surface area contributed by atoms with Gasteiger partial charge >= 0.3 is 0 Å². The van der Waals surface area contributed by atoms with Gasteiger partial charge in [-0.2, -0.15) is 0 Å². The fraction of sp³-hybridized carbons (Fsp3) is 0.364. The van der Waals surface area contributed by atoms with Gasteiger partial charge in [0.25, 0.3) is 0 Å². The second-order valence-electron chi connectivity index (χ2n) is 7.28. The van der Waals surface area contributed by atoms with E-state index >= 15 is 0 Å². The number of aryl methyl sites for hydroxylation is 1. The van der Waals surface area contributed by atoms with Crippen LogP contribution in [0.3, 0.4) is 0 Å². The molecule has 3 aromatic rings. The van der Waals surface area contributed by atoms with Crippen LogP contribution in [-0.2, 0) is 6.54 Å². The van der Waals surface area contributed by atoms with Crippen molar-refractivity contribution in [3.8, 4) is 0 Å². The quantitative estimate of drug-likeness (QED) is 0.714. The van der Waals surface area contributed by atoms with E-state index in [4.69, 9.17) is 0 Å². The molecule has 1 aliphatic rings. The van der Waals surface area contributed by atoms with Crippen molar-refractivity contribution in [3.63, 3.8) is 0 Å². The van der Waals surface area contributed by atoms with Crippen molar-refractivity contribution >= 4 is 16.7 Å². The molecule has 2 heterocycles. The summed E-state index contributed by atoms with van der Waals surface area (Å²) in [5.41, 5.74) is 2.43. The molecule has 1 aromatic heterocycles. The highest BCUT2D eigenvalue weighted by Gasteiger charge is 2.25. The minimum atomic E-state index is 0.459. The van der Waals surface area contributed by atoms with Gasteiger partial charge in [0.05, 0.1) is 0 Å². The molecule has 4 heteroatoms. The van der Waals surface area contributed by atoms with Crippen LogP contribution in [-0.4, -0.2) is 41.0 Å². The molecule has 0 N–H and O–H groups in total. The molecule has 1 fully saturated rings. The Morgan fingerprint density at radius 1 is 1.12 bits per heavy atom. The van der Waals surface area contributed by atoms with Crippen LogP contribution in [0.5, 0.6) is 0 Å². The molecule has 0 aliphatic carbocycles. The predicted octanol–water partition coefficient (Wildman–Crippen LogP) is 4.04. The van der Waals surface area contributed by atoms with Crippen LogP contribution in [0, 0.1) is 6.92 Å². The topological polar surface area (TPSA) is 32.3 Å². The lowest BCUT2D eigenvalue weighted by Gasteiger charge is -2.37. The molecule has 2 aromatic carbocycles. The summed E-state index contributed by atoms with van der Waals surface area (Å²) >= 11 is 0. The van der Waals surface area contributed by atoms with Crippen molar-refractivity contribution in [3.05, 3.63) is 66.0 Å². The first-order chi connectivity index (χ1) is 12.7. The number of aromatic nitrogens is 2. The zero-order chi connectivity index (χ0) is 17.9. The van der Waals surface area contributed by atoms with Gasteiger partial charge in [0, 0.05) is 38.1 Å². The average Bonchev–Trinajstić information content (AvgIpc) is 2.68. The lowest BCUT2D eigenvalue weighted by molar-refractivity contribution is 0.198. The molecule has 1 atom stereocenters. The molecule has 26 heavy (non-hydrogen) atoms. The van der Waals surface area contributed by atoms with Crippen LogP contribution >= 0.6 is 0 Å². The van der Waals surface area contributed by atoms with Crippen LogP contribution in [0.1, 0.15) is 24.1 Å². The highest BCUT2D eigenvalue weighted by molar-refractivity contribution is 5.85. The molecule has 0 radical (unpaired) electrons. The van der Waals surface area contributed by atoms with Gasteiger partial charge in [-0.15, -0.1) is 0 Å². The Bertz CT molecular complexity index is 887. The average molecular weight is 346 g/mol. The van der Waals surface area contributed by atoms with E-state index in [9.17, 15) is 0 Å². The Kier molecular flexibility index (Phi) is 4.85. The van der Waals surface area contributed by atoms with E-state index in [-0.39, 0.29) is 0 Å². The lowest BCUT2D eigenvalue weighted by atomic mass is 10.0. The first-order valence-corrected chi connectivity index (χ1v) is 9.42. The van der Waals surface area contributed by atoms with E-state index in [0.29, 0.717) is 6.04 Å². The molecule has 4 nitrogen and oxygen atoms in total. The number of fused-ring (bicyclic) bond motifs is 1. The normalized spacial score (nSPS) is 18.2. The van der Waals surface area contributed by atoms with Gasteiger partial charge in [0.1, 0.15) is 0 Å². The largest absolute Gasteiger partial charge is 0.340 e. The van der Waals surface area contributed by atoms with E-state index in [1.807, 2.05) is 19.2 Å². The molecule has 1 aliphatic heterocycles. The van der Waals surface area contributed by atoms with E-state index in [2.05, 4.69) is 69.3 Å². The summed E-state index contributed by atoms with van der Waals surface area (Å²) in [6, 6.07) is 17.7. The van der Waals surface area contributed by atoms with Crippen molar-refractivity contribution in [2.45, 2.75) is 32.4 Å². The second-order valence-corrected chi connectivity index (χ2v) is 7.28. The number of anilines is 1. The molecule has 0 bridgehead atoms. The molecule has 0 amide bonds. The predicted molar refractivity (Wildman–Crippen MR) is 107 cm³/mol. The summed E-state index contributed by atoms with van der Waals surface area (Å²) in [5, 5.41) is 2.69. The summed E-state index contributed by atoms with van der Waals surface area (Å²) in [6.07, 6.45) is 4.26. The van der Waals surface area contributed by atoms with E-state index < -0.39 is 0 Å². The maximum absolute atomic E-state index is 4.59. The van der Waals surface area contributed by atoms with Crippen molar-refractivity contribution < 1.29 is 0 Å². The van der Waals surface area contributed by atoms with Crippen molar-refractivity contribution in [2.75, 3.05) is 25.0 Å². The van der Waals surface area contributed by atoms with Gasteiger partial charge in [-0.05, 0) is 48.7 Å². The standard InChI is InChI=1S/C22H26N4/c1-17-12-13-23-22(24-17)25(2)20-10-6-14-26(16-20)15-19-9-5-8-18-7-3-4-11-21(18)19/h3-5,7-9,11-13,20H,6,10,14-16H2,1-2H3. The molecule has 0 spiro atoms. The van der Waals surface area contributed by atoms with Crippen LogP contribution in [0.2, 0.25) is 0 Å². The fourth-order valence-electron chi connectivity index (χ4n) is 3.93. The number of piperidine rings is 1. The molecule has 0 saturated carbocycles. The van der Waals surface area contributed by atoms with Crippen LogP contribution < -0.4 is 4.90 Å². The van der Waals surface area contributed by atoms with Crippen LogP contribution in [0.25, 0.3) is 10.8 Å². The zero-order valence-electron chi connectivity index (χ0n) is 15.6. The maximum Gasteiger partial charge on any atom is 0.225 e. The second kappa shape index (κ2) is 7.42. The zero-order valence-corrected chi connectivity index (χ0v) is 15.6. The highest BCUT2D eigenvalue weighted by Crippen LogP contribution is 2.23. The Morgan fingerprint density at radius 2 is 1.96 bits per heavy atom. The van der Waals surface area contributed by atoms with E-state index in [0.717, 1.165) is 31.3 Å². The first-order valence-electron chi connectivity index (χ1n) is 9.42. The summed E-state index contributed by atoms with van der Waals surface area (Å²) in [7, 11) is 2.13. The number of hydrogen-bond donors (Lipinski definition) is 0. The van der Waals surface area contributed by atoms with Gasteiger partial charge in [-0.25, -0.2) is 9.97 Å². The van der Waals surface area contributed by atoms with Gasteiger partial charge in [-0.3, -0.25) is 4.90 Å². The number of rotatable bonds is 4. The van der Waals surface area contributed by atoms with Gasteiger partial charge in [0.2, 0.25) is 5.95 Å². The van der Waals surface area contributed by atoms with E-state index in [1.165, 1.54) is 29.2 Å². The molecule has 4 rings (SSSR count). The number of hydrogen-bond acceptors (Lipinski definition) is 4. The lowest BCUT2D eigenvalue weighted by Crippen LogP contribution is -2.46. The Labute approximate surface area is 155 Å². The summed E-state index contributed by atoms with van der Waals surface area (Å²) in [6.45, 7) is 5.23. The Hall–Kier alpha value is -2.46. The Morgan fingerprint density at radius 3 is 2.85 bits per heavy atom. The third-order valence-corrected chi connectivity index (χ3v) is 5.40. The van der Waals surface area contributed by atoms with Gasteiger partial charge in [-0.1, -0.05) is 42.5 Å². The van der Waals surface area contributed by atoms with Crippen LogP contribution in [0.4, 0.5) is 5.95 Å². The number of benzene rings is 2. The number of likely N-dealkylation sites (N-methyl/N-ethyl adjacent to an activating group) is 1. The molecule has 1 saturated heterocycles. The molecule has 134 valence electrons. The summed E-state index contributed by atoms with van der Waals surface area (Å²) in [5.74, 6) is 0.835. The smallest absolute Gasteiger partial charge is 0.225 e. The number of likely N-dealkylation sites (tertiary alicyclic amines) is 1. The van der Waals surface area contributed by atoms with Crippen molar-refractivity contribution in [2.24, 2.45) is 0 Å². The highest BCUT2D eigenvalue weighted by atomic mass is 15.3. The minimum absolute atomic E-state index is 0.459. The van der Waals surface area contributed by atoms with Gasteiger partial charge < -0.3 is 4.90 Å². The first kappa shape index (κ1) is 17.0. The van der Waals surface area contributed by atoms with Gasteiger partial charge in [0.15, 0.2) is 0 Å². The fourth-order valence-corrected chi connectivity index (χ4v) is 3.93. The maximum atomic E-state index is 4.59. The van der Waals surface area contributed by atoms with Crippen molar-refractivity contribution in [1.29, 1.82) is 0 Å². The molecular formula is C22H26N4. The molecule has 1 unspecified atom stereocenters. The third kappa shape index (κ3) is 3.56. The van der Waals surface area contributed by atoms with Crippen LogP contribution in [0.15, 0.2) is 54.7 Å². The SMILES string of the molecule is Cc1ccnc(N(C)C2CCCN(Cc3cccc4ccccc34)C2)n1. The monoisotopic (exact) mass is 346 g/mol. The van der Waals surface area contributed by atoms with E-state index in [1.54, 1.807) is 0 Å². The summed E-state index contributed by atoms with van der Waals surface area (Å²) in [4.78, 5) is 13.9.